The van der Waals surface area contributed by atoms with Gasteiger partial charge in [-0.25, -0.2) is 0 Å². The van der Waals surface area contributed by atoms with Crippen molar-refractivity contribution in [2.45, 2.75) is 19.9 Å². The standard InChI is InChI=1S/C14H16N2OS/c1-9-5-6-11(8-10(9)2)16-14(17)13(15)12-4-3-7-18-12/h3-8,13H,15H2,1-2H3,(H,16,17). The lowest BCUT2D eigenvalue weighted by Crippen LogP contribution is -2.27. The predicted octanol–water partition coefficient (Wildman–Crippen LogP) is 3.00. The van der Waals surface area contributed by atoms with E-state index in [0.717, 1.165) is 16.1 Å². The van der Waals surface area contributed by atoms with E-state index in [9.17, 15) is 4.79 Å². The molecule has 0 aliphatic rings. The second-order valence-corrected chi connectivity index (χ2v) is 5.26. The summed E-state index contributed by atoms with van der Waals surface area (Å²) in [4.78, 5) is 12.8. The van der Waals surface area contributed by atoms with Gasteiger partial charge in [-0.05, 0) is 48.6 Å². The Morgan fingerprint density at radius 1 is 1.28 bits per heavy atom. The molecule has 2 rings (SSSR count). The Labute approximate surface area is 111 Å². The molecule has 0 aliphatic carbocycles. The maximum absolute atomic E-state index is 12.0. The number of anilines is 1. The summed E-state index contributed by atoms with van der Waals surface area (Å²) < 4.78 is 0. The number of hydrogen-bond donors (Lipinski definition) is 2. The summed E-state index contributed by atoms with van der Waals surface area (Å²) in [5.74, 6) is -0.180. The van der Waals surface area contributed by atoms with Crippen molar-refractivity contribution in [3.8, 4) is 0 Å². The Morgan fingerprint density at radius 2 is 2.06 bits per heavy atom. The number of nitrogens with one attached hydrogen (secondary N) is 1. The number of carbonyl (C=O) groups excluding carboxylic acids is 1. The van der Waals surface area contributed by atoms with E-state index in [4.69, 9.17) is 5.73 Å². The van der Waals surface area contributed by atoms with Gasteiger partial charge in [-0.1, -0.05) is 12.1 Å². The zero-order valence-corrected chi connectivity index (χ0v) is 11.3. The van der Waals surface area contributed by atoms with Crippen molar-refractivity contribution in [3.63, 3.8) is 0 Å². The number of benzene rings is 1. The number of carbonyl (C=O) groups is 1. The number of thiophene rings is 1. The van der Waals surface area contributed by atoms with Crippen molar-refractivity contribution in [2.75, 3.05) is 5.32 Å². The highest BCUT2D eigenvalue weighted by molar-refractivity contribution is 7.10. The third kappa shape index (κ3) is 2.78. The van der Waals surface area contributed by atoms with Gasteiger partial charge in [0.1, 0.15) is 6.04 Å². The summed E-state index contributed by atoms with van der Waals surface area (Å²) in [5.41, 5.74) is 9.04. The van der Waals surface area contributed by atoms with Crippen molar-refractivity contribution in [2.24, 2.45) is 5.73 Å². The number of nitrogens with two attached hydrogens (primary N) is 1. The van der Waals surface area contributed by atoms with Crippen LogP contribution in [0, 0.1) is 13.8 Å². The Kier molecular flexibility index (Phi) is 3.79. The molecule has 4 heteroatoms. The second kappa shape index (κ2) is 5.33. The normalized spacial score (nSPS) is 12.2. The monoisotopic (exact) mass is 260 g/mol. The summed E-state index contributed by atoms with van der Waals surface area (Å²) >= 11 is 1.49. The van der Waals surface area contributed by atoms with Crippen LogP contribution in [0.25, 0.3) is 0 Å². The Morgan fingerprint density at radius 3 is 2.67 bits per heavy atom. The van der Waals surface area contributed by atoms with Crippen LogP contribution < -0.4 is 11.1 Å². The SMILES string of the molecule is Cc1ccc(NC(=O)C(N)c2cccs2)cc1C. The molecule has 1 heterocycles. The molecule has 1 aromatic heterocycles. The molecule has 1 amide bonds. The predicted molar refractivity (Wildman–Crippen MR) is 75.8 cm³/mol. The minimum atomic E-state index is -0.605. The lowest BCUT2D eigenvalue weighted by atomic mass is 10.1. The van der Waals surface area contributed by atoms with Crippen LogP contribution in [0.2, 0.25) is 0 Å². The number of aryl methyl sites for hydroxylation is 2. The van der Waals surface area contributed by atoms with E-state index < -0.39 is 6.04 Å². The van der Waals surface area contributed by atoms with E-state index in [1.807, 2.05) is 49.6 Å². The molecule has 0 fully saturated rings. The van der Waals surface area contributed by atoms with Gasteiger partial charge in [-0.15, -0.1) is 11.3 Å². The van der Waals surface area contributed by atoms with E-state index in [0.29, 0.717) is 0 Å². The molecule has 1 atom stereocenters. The van der Waals surface area contributed by atoms with Gasteiger partial charge >= 0.3 is 0 Å². The summed E-state index contributed by atoms with van der Waals surface area (Å²) in [5, 5.41) is 4.76. The molecular formula is C14H16N2OS. The number of rotatable bonds is 3. The van der Waals surface area contributed by atoms with Crippen molar-refractivity contribution in [1.82, 2.24) is 0 Å². The second-order valence-electron chi connectivity index (χ2n) is 4.28. The Balaban J connectivity index is 2.09. The average Bonchev–Trinajstić information content (AvgIpc) is 2.86. The minimum Gasteiger partial charge on any atom is -0.324 e. The van der Waals surface area contributed by atoms with Crippen molar-refractivity contribution in [1.29, 1.82) is 0 Å². The summed E-state index contributed by atoms with van der Waals surface area (Å²) in [6.45, 7) is 4.06. The molecule has 0 saturated heterocycles. The van der Waals surface area contributed by atoms with Crippen LogP contribution in [0.3, 0.4) is 0 Å². The average molecular weight is 260 g/mol. The highest BCUT2D eigenvalue weighted by Crippen LogP contribution is 2.19. The fourth-order valence-electron chi connectivity index (χ4n) is 1.64. The third-order valence-electron chi connectivity index (χ3n) is 2.91. The molecule has 2 aromatic rings. The van der Waals surface area contributed by atoms with Gasteiger partial charge in [-0.3, -0.25) is 4.79 Å². The van der Waals surface area contributed by atoms with Crippen LogP contribution in [-0.4, -0.2) is 5.91 Å². The van der Waals surface area contributed by atoms with Crippen LogP contribution in [0.4, 0.5) is 5.69 Å². The van der Waals surface area contributed by atoms with E-state index in [-0.39, 0.29) is 5.91 Å². The van der Waals surface area contributed by atoms with Gasteiger partial charge in [0, 0.05) is 10.6 Å². The highest BCUT2D eigenvalue weighted by atomic mass is 32.1. The van der Waals surface area contributed by atoms with Gasteiger partial charge in [0.2, 0.25) is 5.91 Å². The molecule has 18 heavy (non-hydrogen) atoms. The molecule has 1 aromatic carbocycles. The quantitative estimate of drug-likeness (QED) is 0.891. The molecule has 3 N–H and O–H groups in total. The third-order valence-corrected chi connectivity index (χ3v) is 3.86. The Hall–Kier alpha value is -1.65. The lowest BCUT2D eigenvalue weighted by molar-refractivity contribution is -0.117. The molecule has 0 bridgehead atoms. The molecule has 0 saturated carbocycles. The Bertz CT molecular complexity index is 549. The summed E-state index contributed by atoms with van der Waals surface area (Å²) in [6.07, 6.45) is 0. The largest absolute Gasteiger partial charge is 0.324 e. The van der Waals surface area contributed by atoms with Crippen LogP contribution in [0.1, 0.15) is 22.0 Å². The van der Waals surface area contributed by atoms with Gasteiger partial charge in [0.15, 0.2) is 0 Å². The fourth-order valence-corrected chi connectivity index (χ4v) is 2.36. The van der Waals surface area contributed by atoms with Gasteiger partial charge in [0.05, 0.1) is 0 Å². The van der Waals surface area contributed by atoms with Gasteiger partial charge in [-0.2, -0.15) is 0 Å². The fraction of sp³-hybridized carbons (Fsp3) is 0.214. The van der Waals surface area contributed by atoms with Crippen LogP contribution in [0.5, 0.6) is 0 Å². The summed E-state index contributed by atoms with van der Waals surface area (Å²) in [6, 6.07) is 8.99. The van der Waals surface area contributed by atoms with Crippen molar-refractivity contribution in [3.05, 3.63) is 51.7 Å². The first-order valence-corrected chi connectivity index (χ1v) is 6.63. The maximum atomic E-state index is 12.0. The summed E-state index contributed by atoms with van der Waals surface area (Å²) in [7, 11) is 0. The van der Waals surface area contributed by atoms with Crippen LogP contribution >= 0.6 is 11.3 Å². The van der Waals surface area contributed by atoms with E-state index in [2.05, 4.69) is 5.32 Å². The van der Waals surface area contributed by atoms with Crippen molar-refractivity contribution < 1.29 is 4.79 Å². The van der Waals surface area contributed by atoms with Crippen molar-refractivity contribution >= 4 is 22.9 Å². The van der Waals surface area contributed by atoms with Crippen LogP contribution in [0.15, 0.2) is 35.7 Å². The van der Waals surface area contributed by atoms with E-state index >= 15 is 0 Å². The zero-order chi connectivity index (χ0) is 13.1. The molecule has 0 spiro atoms. The topological polar surface area (TPSA) is 55.1 Å². The molecule has 1 unspecified atom stereocenters. The highest BCUT2D eigenvalue weighted by Gasteiger charge is 2.16. The first kappa shape index (κ1) is 12.8. The van der Waals surface area contributed by atoms with E-state index in [1.165, 1.54) is 16.9 Å². The molecular weight excluding hydrogens is 244 g/mol. The van der Waals surface area contributed by atoms with Crippen LogP contribution in [-0.2, 0) is 4.79 Å². The smallest absolute Gasteiger partial charge is 0.246 e. The molecule has 0 radical (unpaired) electrons. The first-order valence-electron chi connectivity index (χ1n) is 5.75. The van der Waals surface area contributed by atoms with E-state index in [1.54, 1.807) is 0 Å². The molecule has 0 aliphatic heterocycles. The van der Waals surface area contributed by atoms with Gasteiger partial charge in [0.25, 0.3) is 0 Å². The molecule has 3 nitrogen and oxygen atoms in total. The van der Waals surface area contributed by atoms with Gasteiger partial charge < -0.3 is 11.1 Å². The number of amides is 1. The first-order chi connectivity index (χ1) is 8.58. The zero-order valence-electron chi connectivity index (χ0n) is 10.4. The number of hydrogen-bond acceptors (Lipinski definition) is 3. The molecule has 94 valence electrons. The maximum Gasteiger partial charge on any atom is 0.246 e. The lowest BCUT2D eigenvalue weighted by Gasteiger charge is -2.11. The minimum absolute atomic E-state index is 0.180.